The first kappa shape index (κ1) is 41.5. The Balaban J connectivity index is 1.05. The van der Waals surface area contributed by atoms with Gasteiger partial charge < -0.3 is 9.80 Å². The molecule has 0 saturated heterocycles. The van der Waals surface area contributed by atoms with Crippen LogP contribution >= 0.6 is 0 Å². The molecule has 0 saturated carbocycles. The third kappa shape index (κ3) is 8.11. The van der Waals surface area contributed by atoms with Crippen molar-refractivity contribution in [2.45, 2.75) is 13.1 Å². The molecule has 1 heterocycles. The molecule has 0 radical (unpaired) electrons. The maximum atomic E-state index is 2.52. The molecule has 0 spiro atoms. The number of hydrogen-bond acceptors (Lipinski definition) is 2. The minimum absolute atomic E-state index is 1.11. The number of benzene rings is 10. The van der Waals surface area contributed by atoms with Crippen LogP contribution < -0.4 is 20.2 Å². The fraction of sp³-hybridized carbons (Fsp3) is 0.0312. The zero-order valence-corrected chi connectivity index (χ0v) is 38.8. The first-order valence-corrected chi connectivity index (χ1v) is 26.2. The van der Waals surface area contributed by atoms with Crippen molar-refractivity contribution in [1.82, 2.24) is 0 Å². The maximum absolute atomic E-state index is 2.52. The Bertz CT molecular complexity index is 2920. The van der Waals surface area contributed by atoms with Crippen LogP contribution in [0.1, 0.15) is 11.1 Å². The van der Waals surface area contributed by atoms with E-state index in [9.17, 15) is 0 Å². The van der Waals surface area contributed by atoms with E-state index in [1.54, 1.807) is 0 Å². The molecule has 11 rings (SSSR count). The molecule has 2 nitrogen and oxygen atoms in total. The summed E-state index contributed by atoms with van der Waals surface area (Å²) in [6.07, 6.45) is 4.79. The number of anilines is 6. The average molecular weight is 875 g/mol. The van der Waals surface area contributed by atoms with Gasteiger partial charge >= 0.3 is 0 Å². The Hall–Kier alpha value is -8.24. The predicted molar refractivity (Wildman–Crippen MR) is 290 cm³/mol. The zero-order chi connectivity index (χ0) is 45.2. The highest BCUT2D eigenvalue weighted by Gasteiger charge is 2.35. The van der Waals surface area contributed by atoms with E-state index in [0.717, 1.165) is 34.1 Å². The van der Waals surface area contributed by atoms with E-state index < -0.39 is 8.07 Å². The highest BCUT2D eigenvalue weighted by atomic mass is 28.3. The van der Waals surface area contributed by atoms with Gasteiger partial charge in [0, 0.05) is 22.7 Å². The predicted octanol–water partition coefficient (Wildman–Crippen LogP) is 16.6. The van der Waals surface area contributed by atoms with Crippen LogP contribution in [-0.2, 0) is 0 Å². The quantitative estimate of drug-likeness (QED) is 0.126. The molecule has 0 N–H and O–H groups in total. The fourth-order valence-electron chi connectivity index (χ4n) is 9.84. The lowest BCUT2D eigenvalue weighted by molar-refractivity contribution is 1.28. The largest absolute Gasteiger partial charge is 0.310 e. The van der Waals surface area contributed by atoms with E-state index >= 15 is 0 Å². The Morgan fingerprint density at radius 3 is 0.731 bits per heavy atom. The van der Waals surface area contributed by atoms with Crippen LogP contribution in [0.3, 0.4) is 0 Å². The second-order valence-electron chi connectivity index (χ2n) is 17.8. The van der Waals surface area contributed by atoms with Crippen molar-refractivity contribution < 1.29 is 0 Å². The van der Waals surface area contributed by atoms with E-state index in [1.165, 1.54) is 66.0 Å². The van der Waals surface area contributed by atoms with Crippen LogP contribution in [0.5, 0.6) is 0 Å². The van der Waals surface area contributed by atoms with Crippen molar-refractivity contribution in [3.05, 3.63) is 266 Å². The van der Waals surface area contributed by atoms with E-state index in [4.69, 9.17) is 0 Å². The van der Waals surface area contributed by atoms with Crippen molar-refractivity contribution in [3.8, 4) is 44.5 Å². The lowest BCUT2D eigenvalue weighted by Crippen LogP contribution is -2.54. The molecular formula is C64H50N2Si. The Morgan fingerprint density at radius 1 is 0.239 bits per heavy atom. The summed E-state index contributed by atoms with van der Waals surface area (Å²) in [5, 5.41) is 2.82. The summed E-state index contributed by atoms with van der Waals surface area (Å²) in [6.45, 7) is 5.04. The van der Waals surface area contributed by atoms with Crippen molar-refractivity contribution in [3.63, 3.8) is 0 Å². The monoisotopic (exact) mass is 874 g/mol. The third-order valence-corrected chi connectivity index (χ3v) is 16.9. The lowest BCUT2D eigenvalue weighted by Gasteiger charge is -2.33. The maximum Gasteiger partial charge on any atom is 0.113 e. The summed E-state index contributed by atoms with van der Waals surface area (Å²) in [5.74, 6) is 0. The Labute approximate surface area is 396 Å². The highest BCUT2D eigenvalue weighted by Crippen LogP contribution is 2.43. The van der Waals surface area contributed by atoms with E-state index in [-0.39, 0.29) is 0 Å². The third-order valence-electron chi connectivity index (χ3n) is 13.3. The first-order chi connectivity index (χ1) is 33.0. The van der Waals surface area contributed by atoms with E-state index in [1.807, 2.05) is 0 Å². The molecule has 0 fully saturated rings. The second kappa shape index (κ2) is 18.0. The van der Waals surface area contributed by atoms with Crippen molar-refractivity contribution in [1.29, 1.82) is 0 Å². The molecule has 0 aromatic heterocycles. The van der Waals surface area contributed by atoms with Crippen molar-refractivity contribution in [2.24, 2.45) is 0 Å². The number of hydrogen-bond donors (Lipinski definition) is 0. The highest BCUT2D eigenvalue weighted by molar-refractivity contribution is 7.01. The zero-order valence-electron chi connectivity index (χ0n) is 37.8. The molecule has 3 heteroatoms. The van der Waals surface area contributed by atoms with Crippen LogP contribution in [0.4, 0.5) is 34.1 Å². The van der Waals surface area contributed by atoms with Gasteiger partial charge in [-0.3, -0.25) is 0 Å². The Kier molecular flexibility index (Phi) is 11.1. The summed E-state index contributed by atoms with van der Waals surface area (Å²) in [7, 11) is -2.37. The number of fused-ring (bicyclic) bond motifs is 2. The van der Waals surface area contributed by atoms with Gasteiger partial charge in [0.05, 0.1) is 11.4 Å². The van der Waals surface area contributed by atoms with Crippen LogP contribution in [0.2, 0.25) is 13.1 Å². The average Bonchev–Trinajstić information content (AvgIpc) is 3.52. The molecular weight excluding hydrogens is 825 g/mol. The van der Waals surface area contributed by atoms with E-state index in [2.05, 4.69) is 290 Å². The molecule has 1 aliphatic rings. The van der Waals surface area contributed by atoms with Gasteiger partial charge in [-0.05, 0) is 127 Å². The summed E-state index contributed by atoms with van der Waals surface area (Å²) in [5.41, 5.74) is 18.9. The molecule has 0 amide bonds. The summed E-state index contributed by atoms with van der Waals surface area (Å²) in [6, 6.07) is 92.6. The molecule has 10 aromatic carbocycles. The topological polar surface area (TPSA) is 6.48 Å². The molecule has 10 aromatic rings. The molecule has 0 aliphatic carbocycles. The van der Waals surface area contributed by atoms with Gasteiger partial charge in [-0.2, -0.15) is 0 Å². The molecule has 1 aliphatic heterocycles. The molecule has 0 bridgehead atoms. The van der Waals surface area contributed by atoms with Crippen LogP contribution in [0.25, 0.3) is 56.7 Å². The smallest absolute Gasteiger partial charge is 0.113 e. The standard InChI is InChI=1S/C64H50N2Si/c1-67(2)63-27-15-25-61(65(55-37-29-51(30-38-55)47-17-7-3-8-18-47)56-39-31-52(32-40-56)48-19-9-4-10-20-48)59(63)45-46-60-62(26-16-28-64(60)67)66(57-41-33-53(34-42-57)49-21-11-5-12-22-49)58-43-35-54(36-44-58)50-23-13-6-14-24-50/h3-46H,1-2H3. The fourth-order valence-corrected chi connectivity index (χ4v) is 12.9. The van der Waals surface area contributed by atoms with Gasteiger partial charge in [-0.15, -0.1) is 0 Å². The van der Waals surface area contributed by atoms with Gasteiger partial charge in [0.25, 0.3) is 0 Å². The van der Waals surface area contributed by atoms with Crippen LogP contribution in [0.15, 0.2) is 255 Å². The molecule has 320 valence electrons. The van der Waals surface area contributed by atoms with Gasteiger partial charge in [0.15, 0.2) is 0 Å². The molecule has 0 atom stereocenters. The normalized spacial score (nSPS) is 12.4. The minimum Gasteiger partial charge on any atom is -0.310 e. The molecule has 67 heavy (non-hydrogen) atoms. The van der Waals surface area contributed by atoms with Crippen LogP contribution in [-0.4, -0.2) is 8.07 Å². The Morgan fingerprint density at radius 2 is 0.478 bits per heavy atom. The van der Waals surface area contributed by atoms with Gasteiger partial charge in [0.2, 0.25) is 0 Å². The van der Waals surface area contributed by atoms with Gasteiger partial charge in [-0.1, -0.05) is 219 Å². The lowest BCUT2D eigenvalue weighted by atomic mass is 10.0. The number of nitrogens with zero attached hydrogens (tertiary/aromatic N) is 2. The second-order valence-corrected chi connectivity index (χ2v) is 22.1. The van der Waals surface area contributed by atoms with Crippen molar-refractivity contribution in [2.75, 3.05) is 9.80 Å². The van der Waals surface area contributed by atoms with Crippen LogP contribution in [0, 0.1) is 0 Å². The van der Waals surface area contributed by atoms with E-state index in [0.29, 0.717) is 0 Å². The summed E-state index contributed by atoms with van der Waals surface area (Å²) < 4.78 is 0. The molecule has 0 unspecified atom stereocenters. The SMILES string of the molecule is C[Si]1(C)c2cccc(N(c3ccc(-c4ccccc4)cc3)c3ccc(-c4ccccc4)cc3)c2C=Cc2c(N(c3ccc(-c4ccccc4)cc3)c3ccc(-c4ccccc4)cc3)cccc21. The van der Waals surface area contributed by atoms with Crippen molar-refractivity contribution >= 4 is 64.7 Å². The minimum atomic E-state index is -2.37. The van der Waals surface area contributed by atoms with Gasteiger partial charge in [0.1, 0.15) is 8.07 Å². The first-order valence-electron chi connectivity index (χ1n) is 23.2. The summed E-state index contributed by atoms with van der Waals surface area (Å²) >= 11 is 0. The van der Waals surface area contributed by atoms with Gasteiger partial charge in [-0.25, -0.2) is 0 Å². The number of rotatable bonds is 10. The summed E-state index contributed by atoms with van der Waals surface area (Å²) in [4.78, 5) is 4.89.